The zero-order valence-electron chi connectivity index (χ0n) is 16.6. The summed E-state index contributed by atoms with van der Waals surface area (Å²) >= 11 is 0. The van der Waals surface area contributed by atoms with E-state index >= 15 is 0 Å². The number of benzene rings is 1. The summed E-state index contributed by atoms with van der Waals surface area (Å²) in [5.74, 6) is -3.11. The minimum absolute atomic E-state index is 0.137. The normalized spacial score (nSPS) is 19.4. The Morgan fingerprint density at radius 2 is 1.73 bits per heavy atom. The summed E-state index contributed by atoms with van der Waals surface area (Å²) in [5.41, 5.74) is 2.31. The molecule has 30 heavy (non-hydrogen) atoms. The first-order valence-electron chi connectivity index (χ1n) is 9.98. The minimum atomic E-state index is -3.63. The van der Waals surface area contributed by atoms with E-state index in [1.54, 1.807) is 24.3 Å². The fourth-order valence-electron chi connectivity index (χ4n) is 3.70. The molecule has 0 radical (unpaired) electrons. The summed E-state index contributed by atoms with van der Waals surface area (Å²) in [4.78, 5) is 20.5. The van der Waals surface area contributed by atoms with Crippen molar-refractivity contribution in [1.29, 1.82) is 0 Å². The summed E-state index contributed by atoms with van der Waals surface area (Å²) < 4.78 is 51.2. The van der Waals surface area contributed by atoms with Crippen molar-refractivity contribution in [3.63, 3.8) is 0 Å². The van der Waals surface area contributed by atoms with Gasteiger partial charge in [0.15, 0.2) is 0 Å². The average molecular weight is 435 g/mol. The molecule has 1 amide bonds. The topological polar surface area (TPSA) is 89.0 Å². The molecule has 4 rings (SSSR count). The molecule has 2 fully saturated rings. The zero-order chi connectivity index (χ0) is 21.5. The Morgan fingerprint density at radius 1 is 1.10 bits per heavy atom. The molecular weight excluding hydrogens is 412 g/mol. The highest BCUT2D eigenvalue weighted by molar-refractivity contribution is 7.90. The highest BCUT2D eigenvalue weighted by Crippen LogP contribution is 2.42. The lowest BCUT2D eigenvalue weighted by molar-refractivity contribution is -0.0385. The minimum Gasteiger partial charge on any atom is -0.349 e. The number of halogens is 2. The van der Waals surface area contributed by atoms with Gasteiger partial charge in [0.1, 0.15) is 0 Å². The number of aromatic nitrogens is 2. The number of hydrogen-bond acceptors (Lipinski definition) is 5. The zero-order valence-corrected chi connectivity index (χ0v) is 17.4. The molecule has 160 valence electrons. The van der Waals surface area contributed by atoms with Crippen molar-refractivity contribution in [2.24, 2.45) is 0 Å². The van der Waals surface area contributed by atoms with Gasteiger partial charge >= 0.3 is 0 Å². The number of amides is 1. The van der Waals surface area contributed by atoms with Gasteiger partial charge in [0, 0.05) is 48.4 Å². The van der Waals surface area contributed by atoms with E-state index in [4.69, 9.17) is 0 Å². The Morgan fingerprint density at radius 3 is 2.30 bits per heavy atom. The Kier molecular flexibility index (Phi) is 5.34. The maximum atomic E-state index is 13.6. The molecule has 1 aromatic carbocycles. The fourth-order valence-corrected chi connectivity index (χ4v) is 4.21. The van der Waals surface area contributed by atoms with Crippen LogP contribution in [0, 0.1) is 0 Å². The third kappa shape index (κ3) is 4.66. The summed E-state index contributed by atoms with van der Waals surface area (Å²) in [6, 6.07) is 7.14. The van der Waals surface area contributed by atoms with Crippen LogP contribution in [-0.4, -0.2) is 42.5 Å². The molecule has 1 heterocycles. The molecule has 0 saturated heterocycles. The number of sulfone groups is 1. The van der Waals surface area contributed by atoms with Crippen molar-refractivity contribution in [2.45, 2.75) is 61.6 Å². The van der Waals surface area contributed by atoms with Gasteiger partial charge in [0.2, 0.25) is 20.9 Å². The Bertz CT molecular complexity index is 1060. The number of nitrogens with one attached hydrogen (secondary N) is 1. The second-order valence-corrected chi connectivity index (χ2v) is 10.1. The lowest BCUT2D eigenvalue weighted by Crippen LogP contribution is -2.25. The number of rotatable bonds is 5. The van der Waals surface area contributed by atoms with Crippen LogP contribution >= 0.6 is 0 Å². The fraction of sp³-hybridized carbons (Fsp3) is 0.476. The van der Waals surface area contributed by atoms with Gasteiger partial charge in [0.25, 0.3) is 5.91 Å². The first kappa shape index (κ1) is 20.8. The van der Waals surface area contributed by atoms with Crippen LogP contribution in [0.4, 0.5) is 8.78 Å². The van der Waals surface area contributed by atoms with Gasteiger partial charge in [-0.15, -0.1) is 0 Å². The highest BCUT2D eigenvalue weighted by Gasteiger charge is 2.37. The van der Waals surface area contributed by atoms with E-state index < -0.39 is 15.8 Å². The molecule has 2 aromatic rings. The van der Waals surface area contributed by atoms with Crippen LogP contribution in [-0.2, 0) is 9.84 Å². The molecule has 6 nitrogen and oxygen atoms in total. The van der Waals surface area contributed by atoms with E-state index in [1.165, 1.54) is 6.20 Å². The van der Waals surface area contributed by atoms with Gasteiger partial charge in [-0.3, -0.25) is 4.79 Å². The molecule has 0 aliphatic heterocycles. The van der Waals surface area contributed by atoms with E-state index in [2.05, 4.69) is 15.3 Å². The average Bonchev–Trinajstić information content (AvgIpc) is 3.51. The predicted molar refractivity (Wildman–Crippen MR) is 107 cm³/mol. The number of carbonyl (C=O) groups is 1. The lowest BCUT2D eigenvalue weighted by atomic mass is 9.82. The van der Waals surface area contributed by atoms with Crippen LogP contribution < -0.4 is 5.32 Å². The van der Waals surface area contributed by atoms with Gasteiger partial charge < -0.3 is 5.32 Å². The van der Waals surface area contributed by atoms with Crippen LogP contribution in [0.15, 0.2) is 35.6 Å². The number of nitrogens with zero attached hydrogens (tertiary/aromatic N) is 2. The summed E-state index contributed by atoms with van der Waals surface area (Å²) in [7, 11) is -3.63. The third-order valence-corrected chi connectivity index (χ3v) is 6.46. The van der Waals surface area contributed by atoms with Crippen LogP contribution in [0.25, 0.3) is 11.1 Å². The Hall–Kier alpha value is -2.42. The SMILES string of the molecule is CS(=O)(=O)c1ncc(-c2ccc(C(=O)NC3CC3)cc2)c(C2CCC(F)(F)CC2)n1. The van der Waals surface area contributed by atoms with Gasteiger partial charge in [-0.05, 0) is 43.4 Å². The van der Waals surface area contributed by atoms with Gasteiger partial charge in [-0.25, -0.2) is 27.2 Å². The van der Waals surface area contributed by atoms with Crippen molar-refractivity contribution in [1.82, 2.24) is 15.3 Å². The van der Waals surface area contributed by atoms with Gasteiger partial charge in [0.05, 0.1) is 5.69 Å². The monoisotopic (exact) mass is 435 g/mol. The molecule has 0 atom stereocenters. The number of alkyl halides is 2. The van der Waals surface area contributed by atoms with E-state index in [0.29, 0.717) is 22.4 Å². The van der Waals surface area contributed by atoms with Crippen LogP contribution in [0.2, 0.25) is 0 Å². The first-order chi connectivity index (χ1) is 14.1. The molecule has 2 aliphatic carbocycles. The predicted octanol–water partition coefficient (Wildman–Crippen LogP) is 3.73. The standard InChI is InChI=1S/C21H23F2N3O3S/c1-30(28,29)20-24-12-17(18(26-20)14-8-10-21(22,23)11-9-14)13-2-4-15(5-3-13)19(27)25-16-6-7-16/h2-5,12,14,16H,6-11H2,1H3,(H,25,27). The first-order valence-corrected chi connectivity index (χ1v) is 11.9. The van der Waals surface area contributed by atoms with Crippen molar-refractivity contribution in [3.05, 3.63) is 41.7 Å². The van der Waals surface area contributed by atoms with Crippen molar-refractivity contribution in [2.75, 3.05) is 6.26 Å². The molecule has 0 bridgehead atoms. The maximum Gasteiger partial charge on any atom is 0.251 e. The molecule has 0 spiro atoms. The van der Waals surface area contributed by atoms with Crippen LogP contribution in [0.1, 0.15) is 60.5 Å². The highest BCUT2D eigenvalue weighted by atomic mass is 32.2. The third-order valence-electron chi connectivity index (χ3n) is 5.60. The molecule has 0 unspecified atom stereocenters. The van der Waals surface area contributed by atoms with Crippen molar-refractivity contribution >= 4 is 15.7 Å². The molecule has 1 aromatic heterocycles. The smallest absolute Gasteiger partial charge is 0.251 e. The molecular formula is C21H23F2N3O3S. The summed E-state index contributed by atoms with van der Waals surface area (Å²) in [6.45, 7) is 0. The second kappa shape index (κ2) is 7.68. The second-order valence-electron chi connectivity index (χ2n) is 8.18. The molecule has 1 N–H and O–H groups in total. The molecule has 2 aliphatic rings. The van der Waals surface area contributed by atoms with E-state index in [-0.39, 0.29) is 48.7 Å². The maximum absolute atomic E-state index is 13.6. The van der Waals surface area contributed by atoms with Gasteiger partial charge in [-0.2, -0.15) is 0 Å². The number of hydrogen-bond donors (Lipinski definition) is 1. The molecule has 9 heteroatoms. The van der Waals surface area contributed by atoms with E-state index in [1.807, 2.05) is 0 Å². The van der Waals surface area contributed by atoms with Gasteiger partial charge in [-0.1, -0.05) is 12.1 Å². The summed E-state index contributed by atoms with van der Waals surface area (Å²) in [5, 5.41) is 2.62. The molecule has 2 saturated carbocycles. The van der Waals surface area contributed by atoms with E-state index in [0.717, 1.165) is 19.1 Å². The Labute approximate surface area is 174 Å². The van der Waals surface area contributed by atoms with Crippen LogP contribution in [0.5, 0.6) is 0 Å². The largest absolute Gasteiger partial charge is 0.349 e. The van der Waals surface area contributed by atoms with Crippen molar-refractivity contribution in [3.8, 4) is 11.1 Å². The van der Waals surface area contributed by atoms with Crippen LogP contribution in [0.3, 0.4) is 0 Å². The summed E-state index contributed by atoms with van der Waals surface area (Å²) in [6.07, 6.45) is 4.39. The van der Waals surface area contributed by atoms with Crippen molar-refractivity contribution < 1.29 is 22.0 Å². The number of carbonyl (C=O) groups excluding carboxylic acids is 1. The Balaban J connectivity index is 1.67. The lowest BCUT2D eigenvalue weighted by Gasteiger charge is -2.29. The quantitative estimate of drug-likeness (QED) is 0.723. The van der Waals surface area contributed by atoms with E-state index in [9.17, 15) is 22.0 Å².